The Labute approximate surface area is 193 Å². The van der Waals surface area contributed by atoms with Gasteiger partial charge in [0.15, 0.2) is 17.3 Å². The maximum Gasteiger partial charge on any atom is 0.163 e. The number of benzene rings is 2. The Morgan fingerprint density at radius 3 is 2.44 bits per heavy atom. The van der Waals surface area contributed by atoms with Gasteiger partial charge in [0.05, 0.1) is 25.7 Å². The van der Waals surface area contributed by atoms with Crippen LogP contribution in [-0.4, -0.2) is 42.3 Å². The van der Waals surface area contributed by atoms with Crippen LogP contribution < -0.4 is 9.47 Å². The van der Waals surface area contributed by atoms with E-state index in [9.17, 15) is 9.59 Å². The van der Waals surface area contributed by atoms with Crippen molar-refractivity contribution in [3.63, 3.8) is 0 Å². The van der Waals surface area contributed by atoms with Crippen LogP contribution >= 0.6 is 11.8 Å². The van der Waals surface area contributed by atoms with Crippen LogP contribution in [0.25, 0.3) is 0 Å². The Morgan fingerprint density at radius 1 is 1.00 bits per heavy atom. The van der Waals surface area contributed by atoms with Crippen LogP contribution in [0.2, 0.25) is 0 Å². The topological polar surface area (TPSA) is 77.3 Å². The number of thioether (sulfide) groups is 1. The van der Waals surface area contributed by atoms with Gasteiger partial charge in [-0.05, 0) is 36.6 Å². The zero-order valence-electron chi connectivity index (χ0n) is 18.7. The van der Waals surface area contributed by atoms with Crippen molar-refractivity contribution in [3.05, 3.63) is 59.7 Å². The molecule has 0 N–H and O–H groups in total. The standard InChI is InChI=1S/C25H28N2O4S/c1-4-20-21(11-12-22(29)18-10-13-23(30-2)24(15-18)31-3)26-27-25(20)32-16-19(28)14-17-8-6-5-7-9-17/h5-10,13,15,20H,4,11-12,14,16H2,1-3H3. The predicted octanol–water partition coefficient (Wildman–Crippen LogP) is 5.01. The fraction of sp³-hybridized carbons (Fsp3) is 0.360. The summed E-state index contributed by atoms with van der Waals surface area (Å²) in [5, 5.41) is 9.51. The minimum absolute atomic E-state index is 0.0163. The average molecular weight is 453 g/mol. The van der Waals surface area contributed by atoms with Gasteiger partial charge in [-0.25, -0.2) is 0 Å². The van der Waals surface area contributed by atoms with Gasteiger partial charge in [-0.3, -0.25) is 9.59 Å². The molecule has 0 bridgehead atoms. The van der Waals surface area contributed by atoms with Crippen molar-refractivity contribution in [2.75, 3.05) is 20.0 Å². The minimum Gasteiger partial charge on any atom is -0.493 e. The van der Waals surface area contributed by atoms with E-state index in [1.165, 1.54) is 11.8 Å². The Hall–Kier alpha value is -2.93. The third kappa shape index (κ3) is 6.07. The quantitative estimate of drug-likeness (QED) is 0.448. The summed E-state index contributed by atoms with van der Waals surface area (Å²) in [7, 11) is 3.11. The Morgan fingerprint density at radius 2 is 1.75 bits per heavy atom. The lowest BCUT2D eigenvalue weighted by Gasteiger charge is -2.13. The van der Waals surface area contributed by atoms with Crippen LogP contribution in [0.1, 0.15) is 42.1 Å². The number of nitrogens with zero attached hydrogens (tertiary/aromatic N) is 2. The molecule has 1 aliphatic heterocycles. The van der Waals surface area contributed by atoms with Crippen molar-refractivity contribution in [3.8, 4) is 11.5 Å². The fourth-order valence-electron chi connectivity index (χ4n) is 3.58. The van der Waals surface area contributed by atoms with Gasteiger partial charge in [-0.1, -0.05) is 37.3 Å². The number of Topliss-reactive ketones (excluding diaryl/α,β-unsaturated/α-hetero) is 2. The van der Waals surface area contributed by atoms with Crippen LogP contribution in [0.3, 0.4) is 0 Å². The first kappa shape index (κ1) is 23.7. The molecule has 0 fully saturated rings. The van der Waals surface area contributed by atoms with Crippen molar-refractivity contribution < 1.29 is 19.1 Å². The maximum atomic E-state index is 12.7. The van der Waals surface area contributed by atoms with Gasteiger partial charge in [-0.2, -0.15) is 5.10 Å². The number of rotatable bonds is 11. The molecule has 0 aliphatic carbocycles. The Kier molecular flexibility index (Phi) is 8.62. The number of carbonyl (C=O) groups excluding carboxylic acids is 2. The molecule has 7 heteroatoms. The highest BCUT2D eigenvalue weighted by molar-refractivity contribution is 8.14. The first-order chi connectivity index (χ1) is 15.5. The highest BCUT2D eigenvalue weighted by Gasteiger charge is 2.27. The van der Waals surface area contributed by atoms with Crippen molar-refractivity contribution >= 4 is 34.1 Å². The summed E-state index contributed by atoms with van der Waals surface area (Å²) in [5.41, 5.74) is 2.50. The van der Waals surface area contributed by atoms with Gasteiger partial charge in [-0.15, -0.1) is 16.9 Å². The SMILES string of the molecule is CCC1C(CCC(=O)c2ccc(OC)c(OC)c2)=NN=C1SCC(=O)Cc1ccccc1. The normalized spacial score (nSPS) is 15.2. The molecule has 1 aliphatic rings. The first-order valence-electron chi connectivity index (χ1n) is 10.6. The predicted molar refractivity (Wildman–Crippen MR) is 129 cm³/mol. The van der Waals surface area contributed by atoms with Crippen molar-refractivity contribution in [2.24, 2.45) is 16.1 Å². The number of carbonyl (C=O) groups is 2. The van der Waals surface area contributed by atoms with Crippen molar-refractivity contribution in [1.29, 1.82) is 0 Å². The lowest BCUT2D eigenvalue weighted by atomic mass is 9.96. The lowest BCUT2D eigenvalue weighted by molar-refractivity contribution is -0.115. The summed E-state index contributed by atoms with van der Waals surface area (Å²) >= 11 is 1.46. The summed E-state index contributed by atoms with van der Waals surface area (Å²) < 4.78 is 10.5. The summed E-state index contributed by atoms with van der Waals surface area (Å²) in [5.74, 6) is 1.75. The fourth-order valence-corrected chi connectivity index (χ4v) is 4.60. The number of hydrogen-bond donors (Lipinski definition) is 0. The van der Waals surface area contributed by atoms with Gasteiger partial charge < -0.3 is 9.47 Å². The summed E-state index contributed by atoms with van der Waals surface area (Å²) in [6, 6.07) is 14.9. The maximum absolute atomic E-state index is 12.7. The summed E-state index contributed by atoms with van der Waals surface area (Å²) in [6.45, 7) is 2.07. The molecule has 0 radical (unpaired) electrons. The number of methoxy groups -OCH3 is 2. The third-order valence-corrected chi connectivity index (χ3v) is 6.45. The Balaban J connectivity index is 1.51. The van der Waals surface area contributed by atoms with Crippen LogP contribution in [-0.2, 0) is 11.2 Å². The van der Waals surface area contributed by atoms with E-state index in [-0.39, 0.29) is 17.5 Å². The van der Waals surface area contributed by atoms with Gasteiger partial charge in [0, 0.05) is 24.3 Å². The van der Waals surface area contributed by atoms with E-state index in [0.29, 0.717) is 42.1 Å². The van der Waals surface area contributed by atoms with E-state index >= 15 is 0 Å². The van der Waals surface area contributed by atoms with Crippen molar-refractivity contribution in [1.82, 2.24) is 0 Å². The van der Waals surface area contributed by atoms with Crippen molar-refractivity contribution in [2.45, 2.75) is 32.6 Å². The van der Waals surface area contributed by atoms with E-state index in [4.69, 9.17) is 9.47 Å². The van der Waals surface area contributed by atoms with E-state index in [0.717, 1.165) is 22.7 Å². The first-order valence-corrected chi connectivity index (χ1v) is 11.6. The molecule has 0 amide bonds. The number of ketones is 2. The zero-order valence-corrected chi connectivity index (χ0v) is 19.5. The largest absolute Gasteiger partial charge is 0.493 e. The van der Waals surface area contributed by atoms with Crippen LogP contribution in [0.15, 0.2) is 58.7 Å². The van der Waals surface area contributed by atoms with E-state index in [2.05, 4.69) is 17.1 Å². The molecule has 1 atom stereocenters. The van der Waals surface area contributed by atoms with E-state index in [1.54, 1.807) is 32.4 Å². The van der Waals surface area contributed by atoms with E-state index < -0.39 is 0 Å². The van der Waals surface area contributed by atoms with Crippen LogP contribution in [0, 0.1) is 5.92 Å². The molecule has 0 aromatic heterocycles. The van der Waals surface area contributed by atoms with Gasteiger partial charge in [0.2, 0.25) is 0 Å². The highest BCUT2D eigenvalue weighted by Crippen LogP contribution is 2.29. The van der Waals surface area contributed by atoms with Gasteiger partial charge in [0.1, 0.15) is 10.8 Å². The second-order valence-corrected chi connectivity index (χ2v) is 8.47. The molecule has 0 saturated heterocycles. The molecular formula is C25H28N2O4S. The molecular weight excluding hydrogens is 424 g/mol. The van der Waals surface area contributed by atoms with Crippen LogP contribution in [0.5, 0.6) is 11.5 Å². The second-order valence-electron chi connectivity index (χ2n) is 7.47. The molecule has 6 nitrogen and oxygen atoms in total. The molecule has 2 aromatic carbocycles. The van der Waals surface area contributed by atoms with Crippen LogP contribution in [0.4, 0.5) is 0 Å². The van der Waals surface area contributed by atoms with Gasteiger partial charge in [0.25, 0.3) is 0 Å². The smallest absolute Gasteiger partial charge is 0.163 e. The molecule has 2 aromatic rings. The van der Waals surface area contributed by atoms with Gasteiger partial charge >= 0.3 is 0 Å². The second kappa shape index (κ2) is 11.6. The number of ether oxygens (including phenoxy) is 2. The third-order valence-electron chi connectivity index (χ3n) is 5.32. The molecule has 168 valence electrons. The Bertz CT molecular complexity index is 1020. The molecule has 0 spiro atoms. The molecule has 1 unspecified atom stereocenters. The molecule has 0 saturated carbocycles. The number of hydrogen-bond acceptors (Lipinski definition) is 7. The minimum atomic E-state index is 0.0163. The monoisotopic (exact) mass is 452 g/mol. The highest BCUT2D eigenvalue weighted by atomic mass is 32.2. The molecule has 1 heterocycles. The lowest BCUT2D eigenvalue weighted by Crippen LogP contribution is -2.20. The zero-order chi connectivity index (χ0) is 22.9. The summed E-state index contributed by atoms with van der Waals surface area (Å²) in [6.07, 6.45) is 2.13. The average Bonchev–Trinajstić information content (AvgIpc) is 3.23. The van der Waals surface area contributed by atoms with E-state index in [1.807, 2.05) is 30.3 Å². The summed E-state index contributed by atoms with van der Waals surface area (Å²) in [4.78, 5) is 25.0. The molecule has 32 heavy (non-hydrogen) atoms. The molecule has 3 rings (SSSR count).